The van der Waals surface area contributed by atoms with E-state index < -0.39 is 6.41 Å². The van der Waals surface area contributed by atoms with Crippen LogP contribution in [0.1, 0.15) is 24.8 Å². The number of rotatable bonds is 5. The largest absolute Gasteiger partial charge is 0.493 e. The fraction of sp³-hybridized carbons (Fsp3) is 0.391. The van der Waals surface area contributed by atoms with E-state index in [0.29, 0.717) is 12.4 Å². The van der Waals surface area contributed by atoms with Crippen molar-refractivity contribution in [2.45, 2.75) is 31.7 Å². The zero-order valence-corrected chi connectivity index (χ0v) is 16.7. The van der Waals surface area contributed by atoms with Gasteiger partial charge in [0.2, 0.25) is 6.79 Å². The normalized spacial score (nSPS) is 25.7. The van der Waals surface area contributed by atoms with Gasteiger partial charge in [-0.25, -0.2) is 9.29 Å². The summed E-state index contributed by atoms with van der Waals surface area (Å²) in [6.07, 6.45) is 3.62. The van der Waals surface area contributed by atoms with Gasteiger partial charge in [0.1, 0.15) is 24.1 Å². The van der Waals surface area contributed by atoms with Gasteiger partial charge in [0, 0.05) is 24.6 Å². The molecule has 2 aromatic carbocycles. The molecule has 0 spiro atoms. The number of nitrogens with zero attached hydrogens (tertiary/aromatic N) is 1. The molecule has 1 unspecified atom stereocenters. The lowest BCUT2D eigenvalue weighted by molar-refractivity contribution is -0.172. The van der Waals surface area contributed by atoms with Crippen molar-refractivity contribution in [3.05, 3.63) is 66.4 Å². The number of piperidine rings is 1. The summed E-state index contributed by atoms with van der Waals surface area (Å²) >= 11 is 0. The fourth-order valence-electron chi connectivity index (χ4n) is 4.51. The predicted molar refractivity (Wildman–Crippen MR) is 107 cm³/mol. The van der Waals surface area contributed by atoms with Crippen LogP contribution >= 0.6 is 0 Å². The van der Waals surface area contributed by atoms with Gasteiger partial charge in [0.05, 0.1) is 6.61 Å². The van der Waals surface area contributed by atoms with E-state index in [-0.39, 0.29) is 30.5 Å². The van der Waals surface area contributed by atoms with Gasteiger partial charge in [0.15, 0.2) is 11.5 Å². The van der Waals surface area contributed by atoms with E-state index in [9.17, 15) is 4.39 Å². The molecule has 0 N–H and O–H groups in total. The lowest BCUT2D eigenvalue weighted by Crippen LogP contribution is -2.53. The molecule has 3 aliphatic rings. The summed E-state index contributed by atoms with van der Waals surface area (Å²) < 4.78 is 41.7. The zero-order chi connectivity index (χ0) is 20.5. The minimum Gasteiger partial charge on any atom is -0.493 e. The van der Waals surface area contributed by atoms with Gasteiger partial charge in [0.25, 0.3) is 0 Å². The summed E-state index contributed by atoms with van der Waals surface area (Å²) in [5.41, 5.74) is 1.12. The van der Waals surface area contributed by atoms with Gasteiger partial charge in [-0.2, -0.15) is 0 Å². The molecular weight excluding hydrogens is 389 g/mol. The van der Waals surface area contributed by atoms with Gasteiger partial charge >= 0.3 is 6.41 Å². The molecule has 5 rings (SSSR count). The Morgan fingerprint density at radius 2 is 1.80 bits per heavy atom. The summed E-state index contributed by atoms with van der Waals surface area (Å²) in [6.45, 7) is 3.71. The van der Waals surface area contributed by atoms with E-state index in [0.717, 1.165) is 30.0 Å². The number of likely N-dealkylation sites (tertiary alicyclic amines) is 1. The molecule has 7 heteroatoms. The van der Waals surface area contributed by atoms with Crippen LogP contribution in [0.5, 0.6) is 17.2 Å². The quantitative estimate of drug-likeness (QED) is 0.731. The minimum atomic E-state index is -0.415. The topological polar surface area (TPSA) is 49.4 Å². The van der Waals surface area contributed by atoms with E-state index in [1.165, 1.54) is 12.1 Å². The number of benzene rings is 2. The molecule has 0 amide bonds. The van der Waals surface area contributed by atoms with Crippen molar-refractivity contribution in [3.8, 4) is 17.2 Å². The molecule has 6 nitrogen and oxygen atoms in total. The summed E-state index contributed by atoms with van der Waals surface area (Å²) in [5, 5.41) is 0. The van der Waals surface area contributed by atoms with Crippen LogP contribution in [0.2, 0.25) is 0 Å². The highest BCUT2D eigenvalue weighted by atomic mass is 19.1. The van der Waals surface area contributed by atoms with Crippen molar-refractivity contribution >= 4 is 0 Å². The Hall–Kier alpha value is -2.93. The first kappa shape index (κ1) is 19.1. The summed E-state index contributed by atoms with van der Waals surface area (Å²) in [5.74, 6) is 2.32. The van der Waals surface area contributed by atoms with E-state index in [1.807, 2.05) is 30.3 Å². The molecule has 3 heterocycles. The molecule has 0 aromatic heterocycles. The van der Waals surface area contributed by atoms with E-state index in [4.69, 9.17) is 23.7 Å². The van der Waals surface area contributed by atoms with Crippen LogP contribution < -0.4 is 14.2 Å². The van der Waals surface area contributed by atoms with Gasteiger partial charge < -0.3 is 23.7 Å². The molecule has 0 bridgehead atoms. The first-order chi connectivity index (χ1) is 14.7. The Balaban J connectivity index is 1.36. The van der Waals surface area contributed by atoms with Crippen molar-refractivity contribution in [3.63, 3.8) is 0 Å². The smallest absolute Gasteiger partial charge is 0.304 e. The molecule has 0 radical (unpaired) electrons. The van der Waals surface area contributed by atoms with Crippen LogP contribution in [0.4, 0.5) is 4.39 Å². The van der Waals surface area contributed by atoms with Gasteiger partial charge in [-0.3, -0.25) is 0 Å². The summed E-state index contributed by atoms with van der Waals surface area (Å²) in [4.78, 5) is 2.20. The number of ether oxygens (including phenoxy) is 5. The van der Waals surface area contributed by atoms with E-state index in [1.54, 1.807) is 12.5 Å². The number of hydrogen-bond donors (Lipinski definition) is 0. The molecule has 1 saturated heterocycles. The van der Waals surface area contributed by atoms with Crippen molar-refractivity contribution in [2.75, 3.05) is 19.9 Å². The Bertz CT molecular complexity index is 910. The Morgan fingerprint density at radius 3 is 2.60 bits per heavy atom. The van der Waals surface area contributed by atoms with E-state index in [2.05, 4.69) is 11.8 Å². The molecule has 0 aliphatic carbocycles. The molecule has 2 aromatic rings. The fourth-order valence-corrected chi connectivity index (χ4v) is 4.51. The predicted octanol–water partition coefficient (Wildman–Crippen LogP) is 4.23. The first-order valence-electron chi connectivity index (χ1n) is 10.2. The van der Waals surface area contributed by atoms with Crippen molar-refractivity contribution < 1.29 is 28.1 Å². The molecule has 158 valence electrons. The molecule has 1 fully saturated rings. The number of hydrogen-bond acceptors (Lipinski definition) is 6. The van der Waals surface area contributed by atoms with Crippen LogP contribution in [0, 0.1) is 11.7 Å². The lowest BCUT2D eigenvalue weighted by Gasteiger charge is -2.45. The third-order valence-electron chi connectivity index (χ3n) is 6.16. The highest BCUT2D eigenvalue weighted by Crippen LogP contribution is 2.40. The van der Waals surface area contributed by atoms with Gasteiger partial charge in [-0.05, 0) is 49.1 Å². The van der Waals surface area contributed by atoms with Crippen LogP contribution in [-0.4, -0.2) is 37.3 Å². The van der Waals surface area contributed by atoms with Crippen molar-refractivity contribution in [1.82, 2.24) is 4.90 Å². The summed E-state index contributed by atoms with van der Waals surface area (Å²) in [7, 11) is 0. The second kappa shape index (κ2) is 8.07. The Morgan fingerprint density at radius 1 is 1.03 bits per heavy atom. The molecule has 3 atom stereocenters. The number of fused-ring (bicyclic) bond motifs is 1. The third kappa shape index (κ3) is 3.65. The number of halogens is 1. The third-order valence-corrected chi connectivity index (χ3v) is 6.16. The molecule has 3 aliphatic heterocycles. The second-order valence-corrected chi connectivity index (χ2v) is 7.77. The second-order valence-electron chi connectivity index (χ2n) is 7.77. The van der Waals surface area contributed by atoms with Gasteiger partial charge in [-0.15, -0.1) is 0 Å². The maximum atomic E-state index is 13.5. The molecular formula is C23H24FNO5. The highest BCUT2D eigenvalue weighted by Gasteiger charge is 2.41. The molecule has 30 heavy (non-hydrogen) atoms. The standard InChI is InChI=1S/C23H24FNO5/c1-15-20(13-28-18-6-7-21-22(12-18)30-14-29-21)19(16-2-4-17(24)5-3-16)8-9-25(15)23-26-10-11-27-23/h2-7,10-12,15,19-20,23H,8-9,13-14H2,1H3/t15-,19?,20-/m1/s1. The van der Waals surface area contributed by atoms with Crippen LogP contribution in [-0.2, 0) is 9.47 Å². The maximum Gasteiger partial charge on any atom is 0.304 e. The summed E-state index contributed by atoms with van der Waals surface area (Å²) in [6, 6.07) is 12.5. The average Bonchev–Trinajstić information content (AvgIpc) is 3.45. The zero-order valence-electron chi connectivity index (χ0n) is 16.7. The SMILES string of the molecule is C[C@@H]1[C@@H](COc2ccc3c(c2)OCO3)C(c2ccc(F)cc2)CCN1C1OC=CO1. The maximum absolute atomic E-state index is 13.5. The van der Waals surface area contributed by atoms with Crippen molar-refractivity contribution in [1.29, 1.82) is 0 Å². The van der Waals surface area contributed by atoms with Gasteiger partial charge in [-0.1, -0.05) is 12.1 Å². The van der Waals surface area contributed by atoms with Crippen LogP contribution in [0.25, 0.3) is 0 Å². The molecule has 0 saturated carbocycles. The monoisotopic (exact) mass is 413 g/mol. The minimum absolute atomic E-state index is 0.132. The van der Waals surface area contributed by atoms with E-state index >= 15 is 0 Å². The first-order valence-corrected chi connectivity index (χ1v) is 10.2. The Labute approximate surface area is 174 Å². The lowest BCUT2D eigenvalue weighted by atomic mass is 9.76. The van der Waals surface area contributed by atoms with Crippen LogP contribution in [0.3, 0.4) is 0 Å². The highest BCUT2D eigenvalue weighted by molar-refractivity contribution is 5.46. The average molecular weight is 413 g/mol. The van der Waals surface area contributed by atoms with Crippen LogP contribution in [0.15, 0.2) is 55.0 Å². The van der Waals surface area contributed by atoms with Crippen molar-refractivity contribution in [2.24, 2.45) is 5.92 Å². The Kier molecular flexibility index (Phi) is 5.12.